The Labute approximate surface area is 117 Å². The van der Waals surface area contributed by atoms with Gasteiger partial charge in [-0.3, -0.25) is 9.78 Å². The Morgan fingerprint density at radius 2 is 2.25 bits per heavy atom. The number of nitrogens with one attached hydrogen (secondary N) is 1. The number of amides is 1. The van der Waals surface area contributed by atoms with E-state index in [1.165, 1.54) is 6.20 Å². The van der Waals surface area contributed by atoms with Crippen LogP contribution in [-0.2, 0) is 0 Å². The molecule has 2 aromatic rings. The zero-order chi connectivity index (χ0) is 14.4. The number of aromatic nitrogens is 1. The largest absolute Gasteiger partial charge is 0.492 e. The second-order valence-corrected chi connectivity index (χ2v) is 4.38. The summed E-state index contributed by atoms with van der Waals surface area (Å²) in [5.74, 6) is 0.545. The normalized spacial score (nSPS) is 10.1. The number of nitrogen functional groups attached to an aromatic ring is 1. The van der Waals surface area contributed by atoms with E-state index in [2.05, 4.69) is 10.3 Å². The van der Waals surface area contributed by atoms with E-state index < -0.39 is 0 Å². The number of pyridine rings is 1. The molecule has 1 aromatic heterocycles. The zero-order valence-electron chi connectivity index (χ0n) is 11.3. The fourth-order valence-electron chi connectivity index (χ4n) is 1.73. The third kappa shape index (κ3) is 3.71. The highest BCUT2D eigenvalue weighted by Gasteiger charge is 2.08. The first-order valence-corrected chi connectivity index (χ1v) is 6.34. The highest BCUT2D eigenvalue weighted by Crippen LogP contribution is 2.12. The number of benzene rings is 1. The lowest BCUT2D eigenvalue weighted by Gasteiger charge is -2.09. The van der Waals surface area contributed by atoms with Gasteiger partial charge in [-0.15, -0.1) is 0 Å². The van der Waals surface area contributed by atoms with Crippen LogP contribution in [-0.4, -0.2) is 24.0 Å². The third-order valence-electron chi connectivity index (χ3n) is 2.75. The molecule has 0 aliphatic rings. The maximum atomic E-state index is 11.8. The van der Waals surface area contributed by atoms with Crippen LogP contribution in [0.5, 0.6) is 5.75 Å². The van der Waals surface area contributed by atoms with Crippen molar-refractivity contribution >= 4 is 11.6 Å². The van der Waals surface area contributed by atoms with E-state index in [0.717, 1.165) is 11.3 Å². The van der Waals surface area contributed by atoms with E-state index >= 15 is 0 Å². The van der Waals surface area contributed by atoms with Gasteiger partial charge in [-0.1, -0.05) is 12.1 Å². The van der Waals surface area contributed by atoms with Gasteiger partial charge >= 0.3 is 0 Å². The predicted octanol–water partition coefficient (Wildman–Crippen LogP) is 1.78. The zero-order valence-corrected chi connectivity index (χ0v) is 11.3. The Morgan fingerprint density at radius 3 is 3.00 bits per heavy atom. The molecule has 104 valence electrons. The monoisotopic (exact) mass is 271 g/mol. The Hall–Kier alpha value is -2.56. The molecule has 0 saturated heterocycles. The van der Waals surface area contributed by atoms with Gasteiger partial charge in [-0.05, 0) is 30.7 Å². The summed E-state index contributed by atoms with van der Waals surface area (Å²) in [6, 6.07) is 9.35. The van der Waals surface area contributed by atoms with Crippen molar-refractivity contribution in [1.82, 2.24) is 10.3 Å². The number of anilines is 1. The number of hydrogen-bond donors (Lipinski definition) is 2. The first-order chi connectivity index (χ1) is 9.66. The van der Waals surface area contributed by atoms with Crippen molar-refractivity contribution in [2.75, 3.05) is 18.9 Å². The van der Waals surface area contributed by atoms with E-state index in [1.54, 1.807) is 12.3 Å². The van der Waals surface area contributed by atoms with Gasteiger partial charge in [-0.2, -0.15) is 0 Å². The number of carbonyl (C=O) groups is 1. The minimum Gasteiger partial charge on any atom is -0.492 e. The molecule has 0 fully saturated rings. The van der Waals surface area contributed by atoms with Crippen LogP contribution in [0.1, 0.15) is 15.9 Å². The van der Waals surface area contributed by atoms with Gasteiger partial charge in [0.05, 0.1) is 12.1 Å². The van der Waals surface area contributed by atoms with Crippen molar-refractivity contribution in [3.63, 3.8) is 0 Å². The van der Waals surface area contributed by atoms with E-state index in [9.17, 15) is 4.79 Å². The van der Waals surface area contributed by atoms with E-state index in [1.807, 2.05) is 31.2 Å². The summed E-state index contributed by atoms with van der Waals surface area (Å²) >= 11 is 0. The van der Waals surface area contributed by atoms with Gasteiger partial charge in [-0.25, -0.2) is 0 Å². The number of rotatable bonds is 5. The second-order valence-electron chi connectivity index (χ2n) is 4.38. The van der Waals surface area contributed by atoms with Crippen molar-refractivity contribution in [2.24, 2.45) is 0 Å². The molecule has 1 aromatic carbocycles. The Kier molecular flexibility index (Phi) is 4.55. The van der Waals surface area contributed by atoms with Gasteiger partial charge < -0.3 is 15.8 Å². The lowest BCUT2D eigenvalue weighted by molar-refractivity contribution is 0.0947. The van der Waals surface area contributed by atoms with Gasteiger partial charge in [0, 0.05) is 18.1 Å². The molecular weight excluding hydrogens is 254 g/mol. The summed E-state index contributed by atoms with van der Waals surface area (Å²) in [6.07, 6.45) is 3.00. The van der Waals surface area contributed by atoms with E-state index in [4.69, 9.17) is 10.5 Å². The maximum Gasteiger partial charge on any atom is 0.255 e. The van der Waals surface area contributed by atoms with Gasteiger partial charge in [0.25, 0.3) is 5.91 Å². The first kappa shape index (κ1) is 13.9. The molecule has 5 nitrogen and oxygen atoms in total. The molecule has 0 radical (unpaired) electrons. The van der Waals surface area contributed by atoms with Crippen LogP contribution < -0.4 is 15.8 Å². The summed E-state index contributed by atoms with van der Waals surface area (Å²) < 4.78 is 5.54. The van der Waals surface area contributed by atoms with Crippen molar-refractivity contribution in [3.05, 3.63) is 53.9 Å². The molecule has 0 aliphatic carbocycles. The molecule has 20 heavy (non-hydrogen) atoms. The molecule has 0 spiro atoms. The van der Waals surface area contributed by atoms with Crippen molar-refractivity contribution in [2.45, 2.75) is 6.92 Å². The molecular formula is C15H17N3O2. The predicted molar refractivity (Wildman–Crippen MR) is 77.7 cm³/mol. The van der Waals surface area contributed by atoms with Gasteiger partial charge in [0.2, 0.25) is 0 Å². The van der Waals surface area contributed by atoms with Crippen LogP contribution in [0.25, 0.3) is 0 Å². The third-order valence-corrected chi connectivity index (χ3v) is 2.75. The Balaban J connectivity index is 1.79. The number of aryl methyl sites for hydroxylation is 1. The summed E-state index contributed by atoms with van der Waals surface area (Å²) in [5.41, 5.74) is 7.63. The Morgan fingerprint density at radius 1 is 1.40 bits per heavy atom. The second kappa shape index (κ2) is 6.56. The average molecular weight is 271 g/mol. The summed E-state index contributed by atoms with van der Waals surface area (Å²) in [6.45, 7) is 2.80. The highest BCUT2D eigenvalue weighted by atomic mass is 16.5. The minimum absolute atomic E-state index is 0.247. The van der Waals surface area contributed by atoms with Crippen molar-refractivity contribution < 1.29 is 9.53 Å². The standard InChI is InChI=1S/C15H17N3O2/c1-11-3-2-4-12(9-11)20-8-7-18-15(19)13-10-17-6-5-14(13)16/h2-6,9-10H,7-8H2,1H3,(H2,16,17)(H,18,19). The fraction of sp³-hybridized carbons (Fsp3) is 0.200. The molecule has 0 unspecified atom stereocenters. The van der Waals surface area contributed by atoms with Crippen molar-refractivity contribution in [1.29, 1.82) is 0 Å². The van der Waals surface area contributed by atoms with Crippen LogP contribution in [0.4, 0.5) is 5.69 Å². The number of nitrogens with zero attached hydrogens (tertiary/aromatic N) is 1. The number of ether oxygens (including phenoxy) is 1. The number of hydrogen-bond acceptors (Lipinski definition) is 4. The molecule has 5 heteroatoms. The average Bonchev–Trinajstić information content (AvgIpc) is 2.44. The number of nitrogens with two attached hydrogens (primary N) is 1. The fourth-order valence-corrected chi connectivity index (χ4v) is 1.73. The van der Waals surface area contributed by atoms with Crippen LogP contribution >= 0.6 is 0 Å². The lowest BCUT2D eigenvalue weighted by atomic mass is 10.2. The maximum absolute atomic E-state index is 11.8. The molecule has 1 heterocycles. The Bertz CT molecular complexity index is 599. The van der Waals surface area contributed by atoms with Gasteiger partial charge in [0.1, 0.15) is 12.4 Å². The van der Waals surface area contributed by atoms with Crippen molar-refractivity contribution in [3.8, 4) is 5.75 Å². The highest BCUT2D eigenvalue weighted by molar-refractivity contribution is 5.98. The van der Waals surface area contributed by atoms with E-state index in [-0.39, 0.29) is 5.91 Å². The van der Waals surface area contributed by atoms with Crippen LogP contribution in [0.15, 0.2) is 42.7 Å². The van der Waals surface area contributed by atoms with Crippen LogP contribution in [0, 0.1) is 6.92 Å². The summed E-state index contributed by atoms with van der Waals surface area (Å²) in [7, 11) is 0. The molecule has 0 saturated carbocycles. The molecule has 0 atom stereocenters. The molecule has 3 N–H and O–H groups in total. The topological polar surface area (TPSA) is 77.2 Å². The van der Waals surface area contributed by atoms with Crippen LogP contribution in [0.2, 0.25) is 0 Å². The summed E-state index contributed by atoms with van der Waals surface area (Å²) in [5, 5.41) is 2.74. The lowest BCUT2D eigenvalue weighted by Crippen LogP contribution is -2.28. The molecule has 1 amide bonds. The van der Waals surface area contributed by atoms with Crippen LogP contribution in [0.3, 0.4) is 0 Å². The smallest absolute Gasteiger partial charge is 0.255 e. The van der Waals surface area contributed by atoms with E-state index in [0.29, 0.717) is 24.4 Å². The molecule has 0 aliphatic heterocycles. The summed E-state index contributed by atoms with van der Waals surface area (Å²) in [4.78, 5) is 15.7. The minimum atomic E-state index is -0.247. The first-order valence-electron chi connectivity index (χ1n) is 6.34. The SMILES string of the molecule is Cc1cccc(OCCNC(=O)c2cnccc2N)c1. The molecule has 0 bridgehead atoms. The molecule has 2 rings (SSSR count). The van der Waals surface area contributed by atoms with Gasteiger partial charge in [0.15, 0.2) is 0 Å². The number of carbonyl (C=O) groups excluding carboxylic acids is 1. The quantitative estimate of drug-likeness (QED) is 0.813.